The van der Waals surface area contributed by atoms with Gasteiger partial charge in [-0.1, -0.05) is 13.0 Å². The average molecular weight is 187 g/mol. The zero-order chi connectivity index (χ0) is 9.40. The molecule has 0 rings (SSSR count). The monoisotopic (exact) mass is 187 g/mol. The van der Waals surface area contributed by atoms with Crippen molar-refractivity contribution in [1.82, 2.24) is 0 Å². The molecule has 0 N–H and O–H groups in total. The first-order valence-corrected chi connectivity index (χ1v) is 6.53. The molecule has 0 aromatic rings. The Morgan fingerprint density at radius 1 is 1.58 bits per heavy atom. The van der Waals surface area contributed by atoms with E-state index in [0.29, 0.717) is 0 Å². The Labute approximate surface area is 77.3 Å². The van der Waals surface area contributed by atoms with Crippen LogP contribution in [0.5, 0.6) is 0 Å². The first-order valence-electron chi connectivity index (χ1n) is 4.42. The van der Waals surface area contributed by atoms with Crippen LogP contribution in [0.4, 0.5) is 0 Å². The van der Waals surface area contributed by atoms with E-state index in [1.54, 1.807) is 0 Å². The molecule has 3 heteroatoms. The Morgan fingerprint density at radius 2 is 2.25 bits per heavy atom. The first kappa shape index (κ1) is 11.9. The molecular weight excluding hydrogens is 168 g/mol. The first-order chi connectivity index (χ1) is 5.70. The van der Waals surface area contributed by atoms with Crippen molar-refractivity contribution in [3.05, 3.63) is 12.7 Å². The summed E-state index contributed by atoms with van der Waals surface area (Å²) in [4.78, 5) is 0. The lowest BCUT2D eigenvalue weighted by Crippen LogP contribution is -2.22. The predicted molar refractivity (Wildman–Crippen MR) is 53.4 cm³/mol. The van der Waals surface area contributed by atoms with E-state index in [1.807, 2.05) is 13.0 Å². The largest absolute Gasteiger partial charge is 0.392 e. The molecule has 0 aromatic carbocycles. The minimum Gasteiger partial charge on any atom is -0.392 e. The molecule has 12 heavy (non-hydrogen) atoms. The summed E-state index contributed by atoms with van der Waals surface area (Å²) in [5.41, 5.74) is 0. The van der Waals surface area contributed by atoms with Gasteiger partial charge in [-0.2, -0.15) is 0 Å². The lowest BCUT2D eigenvalue weighted by atomic mass is 10.5. The Morgan fingerprint density at radius 3 is 2.75 bits per heavy atom. The molecule has 1 atom stereocenters. The van der Waals surface area contributed by atoms with E-state index in [0.717, 1.165) is 19.1 Å². The van der Waals surface area contributed by atoms with E-state index in [1.165, 1.54) is 0 Å². The molecule has 0 saturated carbocycles. The molecule has 0 aliphatic rings. The van der Waals surface area contributed by atoms with Gasteiger partial charge in [0.1, 0.15) is 6.29 Å². The fraction of sp³-hybridized carbons (Fsp3) is 0.778. The van der Waals surface area contributed by atoms with Crippen LogP contribution >= 0.6 is 0 Å². The summed E-state index contributed by atoms with van der Waals surface area (Å²) >= 11 is 0. The van der Waals surface area contributed by atoms with Crippen molar-refractivity contribution < 1.29 is 9.16 Å². The molecule has 1 radical (unpaired) electrons. The zero-order valence-corrected chi connectivity index (χ0v) is 9.30. The fourth-order valence-electron chi connectivity index (χ4n) is 0.853. The Hall–Kier alpha value is -0.123. The topological polar surface area (TPSA) is 18.5 Å². The van der Waals surface area contributed by atoms with Crippen LogP contribution in [0.25, 0.3) is 0 Å². The molecule has 0 aromatic heterocycles. The molecule has 0 saturated heterocycles. The quantitative estimate of drug-likeness (QED) is 0.346. The molecule has 71 valence electrons. The summed E-state index contributed by atoms with van der Waals surface area (Å²) in [6.45, 7) is 10.6. The van der Waals surface area contributed by atoms with Crippen molar-refractivity contribution in [2.45, 2.75) is 39.1 Å². The van der Waals surface area contributed by atoms with Crippen LogP contribution in [0.3, 0.4) is 0 Å². The normalized spacial score (nSPS) is 13.3. The van der Waals surface area contributed by atoms with Crippen LogP contribution in [-0.2, 0) is 9.16 Å². The van der Waals surface area contributed by atoms with Gasteiger partial charge in [-0.3, -0.25) is 0 Å². The summed E-state index contributed by atoms with van der Waals surface area (Å²) in [6.07, 6.45) is 2.89. The third-order valence-electron chi connectivity index (χ3n) is 1.36. The summed E-state index contributed by atoms with van der Waals surface area (Å²) in [5, 5.41) is 0. The van der Waals surface area contributed by atoms with Crippen LogP contribution < -0.4 is 0 Å². The predicted octanol–water partition coefficient (Wildman–Crippen LogP) is 2.58. The summed E-state index contributed by atoms with van der Waals surface area (Å²) in [7, 11) is -0.713. The van der Waals surface area contributed by atoms with Crippen molar-refractivity contribution in [2.24, 2.45) is 0 Å². The van der Waals surface area contributed by atoms with E-state index in [-0.39, 0.29) is 6.29 Å². The second-order valence-corrected chi connectivity index (χ2v) is 4.80. The molecule has 0 bridgehead atoms. The second-order valence-electron chi connectivity index (χ2n) is 2.75. The fourth-order valence-corrected chi connectivity index (χ4v) is 1.99. The minimum absolute atomic E-state index is 0.0520. The zero-order valence-electron chi connectivity index (χ0n) is 8.30. The summed E-state index contributed by atoms with van der Waals surface area (Å²) in [6, 6.07) is 0.977. The Kier molecular flexibility index (Phi) is 7.44. The van der Waals surface area contributed by atoms with Gasteiger partial charge >= 0.3 is 0 Å². The van der Waals surface area contributed by atoms with Gasteiger partial charge in [0.25, 0.3) is 0 Å². The lowest BCUT2D eigenvalue weighted by molar-refractivity contribution is -0.0684. The smallest absolute Gasteiger partial charge is 0.215 e. The number of ether oxygens (including phenoxy) is 1. The van der Waals surface area contributed by atoms with Gasteiger partial charge < -0.3 is 9.16 Å². The third-order valence-corrected chi connectivity index (χ3v) is 2.95. The van der Waals surface area contributed by atoms with E-state index < -0.39 is 9.04 Å². The molecule has 2 nitrogen and oxygen atoms in total. The maximum atomic E-state index is 5.60. The van der Waals surface area contributed by atoms with E-state index >= 15 is 0 Å². The maximum Gasteiger partial charge on any atom is 0.215 e. The van der Waals surface area contributed by atoms with Crippen LogP contribution in [0.15, 0.2) is 12.7 Å². The highest BCUT2D eigenvalue weighted by atomic mass is 28.3. The lowest BCUT2D eigenvalue weighted by Gasteiger charge is -2.16. The van der Waals surface area contributed by atoms with Crippen molar-refractivity contribution in [3.63, 3.8) is 0 Å². The van der Waals surface area contributed by atoms with E-state index in [2.05, 4.69) is 20.0 Å². The standard InChI is InChI=1S/C9H19O2Si/c1-5-7-10-9(3)11-12(4)8-6-2/h6,9H,2,5,7-8H2,1,3-4H3. The molecule has 0 aliphatic heterocycles. The van der Waals surface area contributed by atoms with Gasteiger partial charge in [0.15, 0.2) is 0 Å². The summed E-state index contributed by atoms with van der Waals surface area (Å²) in [5.74, 6) is 0. The SMILES string of the molecule is C=CC[Si](C)OC(C)OCCC. The van der Waals surface area contributed by atoms with Crippen LogP contribution in [0, 0.1) is 0 Å². The number of allylic oxidation sites excluding steroid dienone is 1. The molecule has 0 amide bonds. The molecular formula is C9H19O2Si. The van der Waals surface area contributed by atoms with Gasteiger partial charge in [0.2, 0.25) is 9.04 Å². The maximum absolute atomic E-state index is 5.60. The van der Waals surface area contributed by atoms with Gasteiger partial charge in [0.05, 0.1) is 0 Å². The second kappa shape index (κ2) is 7.52. The number of hydrogen-bond acceptors (Lipinski definition) is 2. The van der Waals surface area contributed by atoms with Crippen molar-refractivity contribution in [1.29, 1.82) is 0 Å². The highest BCUT2D eigenvalue weighted by Crippen LogP contribution is 2.01. The van der Waals surface area contributed by atoms with Crippen molar-refractivity contribution >= 4 is 9.04 Å². The average Bonchev–Trinajstić information content (AvgIpc) is 2.01. The highest BCUT2D eigenvalue weighted by molar-refractivity contribution is 6.50. The molecule has 0 spiro atoms. The van der Waals surface area contributed by atoms with Crippen LogP contribution in [0.1, 0.15) is 20.3 Å². The van der Waals surface area contributed by atoms with Crippen LogP contribution in [0.2, 0.25) is 12.6 Å². The van der Waals surface area contributed by atoms with Crippen molar-refractivity contribution in [2.75, 3.05) is 6.61 Å². The Bertz CT molecular complexity index is 117. The van der Waals surface area contributed by atoms with Gasteiger partial charge in [-0.15, -0.1) is 6.58 Å². The third kappa shape index (κ3) is 6.58. The van der Waals surface area contributed by atoms with Gasteiger partial charge in [0, 0.05) is 6.61 Å². The van der Waals surface area contributed by atoms with Crippen molar-refractivity contribution in [3.8, 4) is 0 Å². The summed E-state index contributed by atoms with van der Waals surface area (Å²) < 4.78 is 11.0. The number of rotatable bonds is 7. The molecule has 0 aliphatic carbocycles. The molecule has 1 unspecified atom stereocenters. The van der Waals surface area contributed by atoms with E-state index in [4.69, 9.17) is 9.16 Å². The number of hydrogen-bond donors (Lipinski definition) is 0. The molecule has 0 heterocycles. The Balaban J connectivity index is 3.39. The highest BCUT2D eigenvalue weighted by Gasteiger charge is 2.08. The van der Waals surface area contributed by atoms with Crippen LogP contribution in [-0.4, -0.2) is 21.9 Å². The molecule has 0 fully saturated rings. The van der Waals surface area contributed by atoms with Gasteiger partial charge in [-0.05, 0) is 25.9 Å². The van der Waals surface area contributed by atoms with E-state index in [9.17, 15) is 0 Å². The minimum atomic E-state index is -0.713. The van der Waals surface area contributed by atoms with Gasteiger partial charge in [-0.25, -0.2) is 0 Å².